The summed E-state index contributed by atoms with van der Waals surface area (Å²) in [5.74, 6) is 0. The molecule has 0 atom stereocenters. The highest BCUT2D eigenvalue weighted by molar-refractivity contribution is 14.1. The second kappa shape index (κ2) is 3.90. The lowest BCUT2D eigenvalue weighted by Gasteiger charge is -2.03. The molecular formula is C10H8ClIN2. The van der Waals surface area contributed by atoms with Crippen molar-refractivity contribution >= 4 is 34.2 Å². The van der Waals surface area contributed by atoms with Gasteiger partial charge in [-0.05, 0) is 34.7 Å². The zero-order chi connectivity index (χ0) is 10.1. The number of aryl methyl sites for hydroxylation is 1. The molecule has 0 aliphatic rings. The molecule has 0 N–H and O–H groups in total. The van der Waals surface area contributed by atoms with Gasteiger partial charge in [-0.15, -0.1) is 0 Å². The summed E-state index contributed by atoms with van der Waals surface area (Å²) in [7, 11) is 1.93. The molecular weight excluding hydrogens is 310 g/mol. The summed E-state index contributed by atoms with van der Waals surface area (Å²) in [4.78, 5) is 0. The SMILES string of the molecule is Cn1ncc(I)c1-c1cccc(Cl)c1. The van der Waals surface area contributed by atoms with E-state index < -0.39 is 0 Å². The van der Waals surface area contributed by atoms with Gasteiger partial charge in [-0.2, -0.15) is 5.10 Å². The predicted molar refractivity (Wildman–Crippen MR) is 66.4 cm³/mol. The number of halogens is 2. The molecule has 72 valence electrons. The van der Waals surface area contributed by atoms with Crippen molar-refractivity contribution in [3.63, 3.8) is 0 Å². The fraction of sp³-hybridized carbons (Fsp3) is 0.100. The minimum Gasteiger partial charge on any atom is -0.267 e. The van der Waals surface area contributed by atoms with Gasteiger partial charge < -0.3 is 0 Å². The van der Waals surface area contributed by atoms with Crippen molar-refractivity contribution in [2.45, 2.75) is 0 Å². The number of benzene rings is 1. The standard InChI is InChI=1S/C10H8ClIN2/c1-14-10(9(12)6-13-14)7-3-2-4-8(11)5-7/h2-6H,1H3. The third-order valence-electron chi connectivity index (χ3n) is 1.99. The minimum atomic E-state index is 0.750. The molecule has 0 bridgehead atoms. The van der Waals surface area contributed by atoms with Gasteiger partial charge in [0.25, 0.3) is 0 Å². The zero-order valence-electron chi connectivity index (χ0n) is 7.54. The van der Waals surface area contributed by atoms with Crippen LogP contribution in [0.25, 0.3) is 11.3 Å². The molecule has 4 heteroatoms. The molecule has 2 aromatic rings. The molecule has 0 fully saturated rings. The Morgan fingerprint density at radius 1 is 1.43 bits per heavy atom. The lowest BCUT2D eigenvalue weighted by Crippen LogP contribution is -1.93. The molecule has 0 aliphatic carbocycles. The molecule has 0 aliphatic heterocycles. The highest BCUT2D eigenvalue weighted by Gasteiger charge is 2.08. The van der Waals surface area contributed by atoms with Crippen LogP contribution in [0.15, 0.2) is 30.5 Å². The number of rotatable bonds is 1. The van der Waals surface area contributed by atoms with Gasteiger partial charge in [0.15, 0.2) is 0 Å². The van der Waals surface area contributed by atoms with Gasteiger partial charge in [-0.1, -0.05) is 23.7 Å². The first-order valence-electron chi connectivity index (χ1n) is 4.12. The summed E-state index contributed by atoms with van der Waals surface area (Å²) in [6, 6.07) is 7.79. The maximum Gasteiger partial charge on any atom is 0.0813 e. The van der Waals surface area contributed by atoms with Crippen molar-refractivity contribution in [3.05, 3.63) is 39.1 Å². The van der Waals surface area contributed by atoms with E-state index in [-0.39, 0.29) is 0 Å². The Balaban J connectivity index is 2.59. The topological polar surface area (TPSA) is 17.8 Å². The Hall–Kier alpha value is -0.550. The summed E-state index contributed by atoms with van der Waals surface area (Å²) in [5, 5.41) is 4.94. The van der Waals surface area contributed by atoms with Crippen molar-refractivity contribution < 1.29 is 0 Å². The third kappa shape index (κ3) is 1.79. The Kier molecular flexibility index (Phi) is 2.78. The van der Waals surface area contributed by atoms with E-state index in [1.807, 2.05) is 42.2 Å². The first-order valence-corrected chi connectivity index (χ1v) is 5.57. The van der Waals surface area contributed by atoms with Crippen LogP contribution in [0, 0.1) is 3.57 Å². The second-order valence-electron chi connectivity index (χ2n) is 2.98. The molecule has 2 rings (SSSR count). The van der Waals surface area contributed by atoms with Gasteiger partial charge in [0.1, 0.15) is 0 Å². The molecule has 0 unspecified atom stereocenters. The van der Waals surface area contributed by atoms with E-state index in [2.05, 4.69) is 27.7 Å². The average molecular weight is 319 g/mol. The fourth-order valence-corrected chi connectivity index (χ4v) is 2.35. The summed E-state index contributed by atoms with van der Waals surface area (Å²) in [5.41, 5.74) is 2.20. The number of nitrogens with zero attached hydrogens (tertiary/aromatic N) is 2. The summed E-state index contributed by atoms with van der Waals surface area (Å²) >= 11 is 8.20. The highest BCUT2D eigenvalue weighted by atomic mass is 127. The molecule has 0 saturated carbocycles. The Morgan fingerprint density at radius 3 is 2.79 bits per heavy atom. The van der Waals surface area contributed by atoms with E-state index in [0.717, 1.165) is 19.9 Å². The van der Waals surface area contributed by atoms with Crippen LogP contribution in [0.5, 0.6) is 0 Å². The van der Waals surface area contributed by atoms with E-state index in [4.69, 9.17) is 11.6 Å². The summed E-state index contributed by atoms with van der Waals surface area (Å²) in [6.45, 7) is 0. The van der Waals surface area contributed by atoms with E-state index >= 15 is 0 Å². The first-order chi connectivity index (χ1) is 6.68. The van der Waals surface area contributed by atoms with Gasteiger partial charge in [-0.25, -0.2) is 0 Å². The van der Waals surface area contributed by atoms with Crippen LogP contribution in [-0.2, 0) is 7.05 Å². The van der Waals surface area contributed by atoms with Gasteiger partial charge >= 0.3 is 0 Å². The van der Waals surface area contributed by atoms with E-state index in [0.29, 0.717) is 0 Å². The van der Waals surface area contributed by atoms with Crippen molar-refractivity contribution in [3.8, 4) is 11.3 Å². The maximum absolute atomic E-state index is 5.93. The monoisotopic (exact) mass is 318 g/mol. The number of aromatic nitrogens is 2. The maximum atomic E-state index is 5.93. The lowest BCUT2D eigenvalue weighted by molar-refractivity contribution is 0.776. The van der Waals surface area contributed by atoms with Crippen molar-refractivity contribution in [1.29, 1.82) is 0 Å². The minimum absolute atomic E-state index is 0.750. The Bertz CT molecular complexity index is 445. The van der Waals surface area contributed by atoms with Gasteiger partial charge in [0.05, 0.1) is 15.5 Å². The number of hydrogen-bond acceptors (Lipinski definition) is 1. The lowest BCUT2D eigenvalue weighted by atomic mass is 10.1. The molecule has 1 aromatic carbocycles. The smallest absolute Gasteiger partial charge is 0.0813 e. The van der Waals surface area contributed by atoms with E-state index in [1.54, 1.807) is 0 Å². The Labute approximate surface area is 101 Å². The zero-order valence-corrected chi connectivity index (χ0v) is 10.5. The molecule has 14 heavy (non-hydrogen) atoms. The summed E-state index contributed by atoms with van der Waals surface area (Å²) < 4.78 is 2.99. The molecule has 2 nitrogen and oxygen atoms in total. The van der Waals surface area contributed by atoms with Crippen LogP contribution in [0.2, 0.25) is 5.02 Å². The highest BCUT2D eigenvalue weighted by Crippen LogP contribution is 2.26. The van der Waals surface area contributed by atoms with Crippen molar-refractivity contribution in [1.82, 2.24) is 9.78 Å². The van der Waals surface area contributed by atoms with Gasteiger partial charge in [0, 0.05) is 17.6 Å². The van der Waals surface area contributed by atoms with Crippen LogP contribution < -0.4 is 0 Å². The van der Waals surface area contributed by atoms with Crippen LogP contribution in [0.1, 0.15) is 0 Å². The first kappa shape index (κ1) is 9.98. The normalized spacial score (nSPS) is 10.5. The van der Waals surface area contributed by atoms with Crippen molar-refractivity contribution in [2.24, 2.45) is 7.05 Å². The van der Waals surface area contributed by atoms with Crippen LogP contribution in [0.4, 0.5) is 0 Å². The average Bonchev–Trinajstić information content (AvgIpc) is 2.46. The Morgan fingerprint density at radius 2 is 2.21 bits per heavy atom. The van der Waals surface area contributed by atoms with Crippen molar-refractivity contribution in [2.75, 3.05) is 0 Å². The third-order valence-corrected chi connectivity index (χ3v) is 3.02. The van der Waals surface area contributed by atoms with E-state index in [1.165, 1.54) is 0 Å². The quantitative estimate of drug-likeness (QED) is 0.737. The van der Waals surface area contributed by atoms with Crippen LogP contribution >= 0.6 is 34.2 Å². The predicted octanol–water partition coefficient (Wildman–Crippen LogP) is 3.35. The summed E-state index contributed by atoms with van der Waals surface area (Å²) in [6.07, 6.45) is 1.84. The van der Waals surface area contributed by atoms with Crippen LogP contribution in [-0.4, -0.2) is 9.78 Å². The number of hydrogen-bond donors (Lipinski definition) is 0. The molecule has 1 aromatic heterocycles. The molecule has 0 saturated heterocycles. The fourth-order valence-electron chi connectivity index (χ4n) is 1.37. The molecule has 0 radical (unpaired) electrons. The van der Waals surface area contributed by atoms with Gasteiger partial charge in [0.2, 0.25) is 0 Å². The van der Waals surface area contributed by atoms with E-state index in [9.17, 15) is 0 Å². The second-order valence-corrected chi connectivity index (χ2v) is 4.57. The van der Waals surface area contributed by atoms with Gasteiger partial charge in [-0.3, -0.25) is 4.68 Å². The van der Waals surface area contributed by atoms with Crippen LogP contribution in [0.3, 0.4) is 0 Å². The molecule has 1 heterocycles. The molecule has 0 spiro atoms. The largest absolute Gasteiger partial charge is 0.267 e. The molecule has 0 amide bonds.